The molecule has 0 aromatic carbocycles. The van der Waals surface area contributed by atoms with Gasteiger partial charge in [0.25, 0.3) is 0 Å². The molecule has 3 heteroatoms. The number of halogens is 1. The van der Waals surface area contributed by atoms with Gasteiger partial charge in [-0.2, -0.15) is 0 Å². The van der Waals surface area contributed by atoms with Gasteiger partial charge in [-0.05, 0) is 59.9 Å². The Kier molecular flexibility index (Phi) is 2.50. The van der Waals surface area contributed by atoms with Gasteiger partial charge in [0.1, 0.15) is 0 Å². The lowest BCUT2D eigenvalue weighted by Crippen LogP contribution is -2.56. The monoisotopic (exact) mass is 299 g/mol. The van der Waals surface area contributed by atoms with E-state index in [4.69, 9.17) is 0 Å². The minimum Gasteiger partial charge on any atom is -0.303 e. The normalized spacial score (nSPS) is 38.5. The molecule has 1 aromatic heterocycles. The maximum absolute atomic E-state index is 3.65. The van der Waals surface area contributed by atoms with Crippen molar-refractivity contribution in [3.8, 4) is 0 Å². The van der Waals surface area contributed by atoms with Gasteiger partial charge in [-0.3, -0.25) is 0 Å². The van der Waals surface area contributed by atoms with E-state index >= 15 is 0 Å². The standard InChI is InChI=1S/C13H18BrNS/c1-8-10-6-9-7-11(14)16-12(9)13(8,2)4-5-15(10)3/h7-8,10H,4-6H2,1-3H3/t8-,10?,13+/m0/s1. The number of hydrogen-bond acceptors (Lipinski definition) is 2. The van der Waals surface area contributed by atoms with Crippen molar-refractivity contribution < 1.29 is 0 Å². The van der Waals surface area contributed by atoms with E-state index in [1.165, 1.54) is 23.2 Å². The van der Waals surface area contributed by atoms with Crippen LogP contribution in [0.15, 0.2) is 9.85 Å². The molecule has 2 bridgehead atoms. The molecular weight excluding hydrogens is 282 g/mol. The molecule has 0 saturated carbocycles. The van der Waals surface area contributed by atoms with Crippen LogP contribution in [0.5, 0.6) is 0 Å². The Balaban J connectivity index is 2.14. The molecule has 1 aliphatic carbocycles. The quantitative estimate of drug-likeness (QED) is 0.707. The van der Waals surface area contributed by atoms with Crippen molar-refractivity contribution in [1.29, 1.82) is 0 Å². The van der Waals surface area contributed by atoms with Gasteiger partial charge in [-0.15, -0.1) is 11.3 Å². The third-order valence-corrected chi connectivity index (χ3v) is 6.82. The minimum absolute atomic E-state index is 0.418. The van der Waals surface area contributed by atoms with Crippen molar-refractivity contribution in [2.45, 2.75) is 38.1 Å². The Bertz CT molecular complexity index is 428. The van der Waals surface area contributed by atoms with E-state index in [0.29, 0.717) is 5.41 Å². The van der Waals surface area contributed by atoms with Crippen molar-refractivity contribution in [3.05, 3.63) is 20.3 Å². The largest absolute Gasteiger partial charge is 0.303 e. The van der Waals surface area contributed by atoms with Gasteiger partial charge in [0.2, 0.25) is 0 Å². The summed E-state index contributed by atoms with van der Waals surface area (Å²) in [5.41, 5.74) is 2.01. The first kappa shape index (κ1) is 11.2. The Labute approximate surface area is 110 Å². The van der Waals surface area contributed by atoms with Crippen LogP contribution in [0.4, 0.5) is 0 Å². The first-order chi connectivity index (χ1) is 7.52. The number of likely N-dealkylation sites (tertiary alicyclic amines) is 1. The fraction of sp³-hybridized carbons (Fsp3) is 0.692. The fourth-order valence-electron chi connectivity index (χ4n) is 3.52. The van der Waals surface area contributed by atoms with Gasteiger partial charge in [0.05, 0.1) is 3.79 Å². The molecule has 16 heavy (non-hydrogen) atoms. The average Bonchev–Trinajstić information content (AvgIpc) is 2.60. The van der Waals surface area contributed by atoms with E-state index < -0.39 is 0 Å². The maximum Gasteiger partial charge on any atom is 0.0704 e. The van der Waals surface area contributed by atoms with Crippen LogP contribution in [-0.2, 0) is 11.8 Å². The van der Waals surface area contributed by atoms with E-state index in [9.17, 15) is 0 Å². The first-order valence-electron chi connectivity index (χ1n) is 6.01. The van der Waals surface area contributed by atoms with Crippen LogP contribution in [-0.4, -0.2) is 24.5 Å². The number of rotatable bonds is 0. The summed E-state index contributed by atoms with van der Waals surface area (Å²) in [6.07, 6.45) is 2.55. The third kappa shape index (κ3) is 1.37. The lowest BCUT2D eigenvalue weighted by Gasteiger charge is -2.52. The molecule has 1 fully saturated rings. The molecule has 1 aliphatic heterocycles. The number of hydrogen-bond donors (Lipinski definition) is 0. The summed E-state index contributed by atoms with van der Waals surface area (Å²) in [6, 6.07) is 3.09. The minimum atomic E-state index is 0.418. The zero-order valence-corrected chi connectivity index (χ0v) is 12.5. The Hall–Kier alpha value is 0.140. The van der Waals surface area contributed by atoms with E-state index in [-0.39, 0.29) is 0 Å². The van der Waals surface area contributed by atoms with Gasteiger partial charge >= 0.3 is 0 Å². The predicted molar refractivity (Wildman–Crippen MR) is 73.3 cm³/mol. The molecule has 0 N–H and O–H groups in total. The highest BCUT2D eigenvalue weighted by molar-refractivity contribution is 9.11. The zero-order chi connectivity index (χ0) is 11.5. The van der Waals surface area contributed by atoms with Crippen LogP contribution < -0.4 is 0 Å². The second-order valence-electron chi connectivity index (χ2n) is 5.61. The van der Waals surface area contributed by atoms with Crippen LogP contribution in [0.1, 0.15) is 30.7 Å². The zero-order valence-electron chi connectivity index (χ0n) is 10.1. The Morgan fingerprint density at radius 1 is 1.56 bits per heavy atom. The summed E-state index contributed by atoms with van der Waals surface area (Å²) in [4.78, 5) is 4.21. The van der Waals surface area contributed by atoms with Crippen molar-refractivity contribution >= 4 is 27.3 Å². The highest BCUT2D eigenvalue weighted by Gasteiger charge is 2.48. The number of piperidine rings is 1. The van der Waals surface area contributed by atoms with Crippen LogP contribution >= 0.6 is 27.3 Å². The van der Waals surface area contributed by atoms with Crippen LogP contribution in [0, 0.1) is 5.92 Å². The van der Waals surface area contributed by atoms with Crippen LogP contribution in [0.3, 0.4) is 0 Å². The second kappa shape index (κ2) is 3.56. The van der Waals surface area contributed by atoms with Crippen molar-refractivity contribution in [3.63, 3.8) is 0 Å². The van der Waals surface area contributed by atoms with Crippen LogP contribution in [0.25, 0.3) is 0 Å². The highest BCUT2D eigenvalue weighted by atomic mass is 79.9. The summed E-state index contributed by atoms with van der Waals surface area (Å²) in [5, 5.41) is 0. The second-order valence-corrected chi connectivity index (χ2v) is 8.04. The van der Waals surface area contributed by atoms with E-state index in [1.807, 2.05) is 11.3 Å². The summed E-state index contributed by atoms with van der Waals surface area (Å²) in [7, 11) is 2.28. The van der Waals surface area contributed by atoms with Gasteiger partial charge in [0.15, 0.2) is 0 Å². The van der Waals surface area contributed by atoms with Gasteiger partial charge in [0, 0.05) is 16.3 Å². The number of likely N-dealkylation sites (N-methyl/N-ethyl adjacent to an activating group) is 1. The predicted octanol–water partition coefficient (Wildman–Crippen LogP) is 3.66. The smallest absolute Gasteiger partial charge is 0.0704 e. The molecule has 0 spiro atoms. The molecule has 3 atom stereocenters. The molecular formula is C13H18BrNS. The van der Waals surface area contributed by atoms with Crippen molar-refractivity contribution in [1.82, 2.24) is 4.90 Å². The molecule has 0 radical (unpaired) electrons. The van der Waals surface area contributed by atoms with Crippen molar-refractivity contribution in [2.75, 3.05) is 13.6 Å². The molecule has 1 nitrogen and oxygen atoms in total. The Morgan fingerprint density at radius 2 is 2.31 bits per heavy atom. The number of thiophene rings is 1. The molecule has 1 aromatic rings. The van der Waals surface area contributed by atoms with Gasteiger partial charge in [-0.1, -0.05) is 13.8 Å². The van der Waals surface area contributed by atoms with Crippen LogP contribution in [0.2, 0.25) is 0 Å². The molecule has 1 saturated heterocycles. The summed E-state index contributed by atoms with van der Waals surface area (Å²) in [6.45, 7) is 6.16. The molecule has 1 unspecified atom stereocenters. The molecule has 0 amide bonds. The molecule has 2 aliphatic rings. The van der Waals surface area contributed by atoms with E-state index in [2.05, 4.69) is 47.8 Å². The molecule has 3 rings (SSSR count). The average molecular weight is 300 g/mol. The lowest BCUT2D eigenvalue weighted by atomic mass is 9.62. The summed E-state index contributed by atoms with van der Waals surface area (Å²) >= 11 is 5.61. The topological polar surface area (TPSA) is 3.24 Å². The SMILES string of the molecule is C[C@H]1C2Cc3cc(Br)sc3[C@]1(C)CCN2C. The maximum atomic E-state index is 3.65. The fourth-order valence-corrected chi connectivity index (χ4v) is 5.47. The van der Waals surface area contributed by atoms with E-state index in [0.717, 1.165) is 12.0 Å². The number of nitrogens with zero attached hydrogens (tertiary/aromatic N) is 1. The first-order valence-corrected chi connectivity index (χ1v) is 7.62. The highest BCUT2D eigenvalue weighted by Crippen LogP contribution is 2.51. The molecule has 88 valence electrons. The summed E-state index contributed by atoms with van der Waals surface area (Å²) in [5.74, 6) is 0.782. The van der Waals surface area contributed by atoms with Gasteiger partial charge < -0.3 is 4.90 Å². The van der Waals surface area contributed by atoms with Crippen molar-refractivity contribution in [2.24, 2.45) is 5.92 Å². The summed E-state index contributed by atoms with van der Waals surface area (Å²) < 4.78 is 1.31. The number of fused-ring (bicyclic) bond motifs is 4. The molecule has 2 heterocycles. The van der Waals surface area contributed by atoms with Gasteiger partial charge in [-0.25, -0.2) is 0 Å². The third-order valence-electron chi connectivity index (χ3n) is 4.86. The Morgan fingerprint density at radius 3 is 3.06 bits per heavy atom. The van der Waals surface area contributed by atoms with E-state index in [1.54, 1.807) is 10.4 Å². The lowest BCUT2D eigenvalue weighted by molar-refractivity contribution is 0.0532.